The van der Waals surface area contributed by atoms with Crippen LogP contribution in [0.15, 0.2) is 42.5 Å². The lowest BCUT2D eigenvalue weighted by Crippen LogP contribution is -2.03. The molecule has 0 bridgehead atoms. The minimum Gasteiger partial charge on any atom is -0.206 e. The standard InChI is InChI=1S/C18H15F/c19-18-11-17-13-6-2-1-5-12(13)9-10-15(17)14-7-3-4-8-16(14)18/h3-4,7-11H,1-2,5-6H2. The SMILES string of the molecule is Fc1cc2c3c(ccc2c2ccccc12)CCCC3. The summed E-state index contributed by atoms with van der Waals surface area (Å²) in [7, 11) is 0. The van der Waals surface area contributed by atoms with Crippen molar-refractivity contribution in [2.75, 3.05) is 0 Å². The van der Waals surface area contributed by atoms with Gasteiger partial charge in [-0.1, -0.05) is 36.4 Å². The van der Waals surface area contributed by atoms with Crippen LogP contribution in [0.25, 0.3) is 21.5 Å². The summed E-state index contributed by atoms with van der Waals surface area (Å²) in [5.41, 5.74) is 2.78. The Morgan fingerprint density at radius 3 is 2.37 bits per heavy atom. The van der Waals surface area contributed by atoms with Crippen LogP contribution in [0.4, 0.5) is 4.39 Å². The summed E-state index contributed by atoms with van der Waals surface area (Å²) in [6.45, 7) is 0. The van der Waals surface area contributed by atoms with Gasteiger partial charge in [0.15, 0.2) is 0 Å². The Hall–Kier alpha value is -1.89. The van der Waals surface area contributed by atoms with E-state index >= 15 is 0 Å². The largest absolute Gasteiger partial charge is 0.206 e. The molecule has 0 nitrogen and oxygen atoms in total. The second kappa shape index (κ2) is 4.06. The Labute approximate surface area is 111 Å². The monoisotopic (exact) mass is 250 g/mol. The van der Waals surface area contributed by atoms with Gasteiger partial charge in [0, 0.05) is 5.39 Å². The average Bonchev–Trinajstić information content (AvgIpc) is 2.47. The summed E-state index contributed by atoms with van der Waals surface area (Å²) < 4.78 is 14.3. The van der Waals surface area contributed by atoms with Crippen LogP contribution in [0.2, 0.25) is 0 Å². The van der Waals surface area contributed by atoms with Crippen molar-refractivity contribution < 1.29 is 4.39 Å². The van der Waals surface area contributed by atoms with E-state index < -0.39 is 0 Å². The Bertz CT molecular complexity index is 786. The van der Waals surface area contributed by atoms with Gasteiger partial charge in [0.25, 0.3) is 0 Å². The lowest BCUT2D eigenvalue weighted by Gasteiger charge is -2.19. The van der Waals surface area contributed by atoms with E-state index in [1.54, 1.807) is 6.07 Å². The summed E-state index contributed by atoms with van der Waals surface area (Å²) in [5, 5.41) is 4.07. The zero-order valence-electron chi connectivity index (χ0n) is 10.7. The topological polar surface area (TPSA) is 0 Å². The minimum atomic E-state index is -0.0953. The van der Waals surface area contributed by atoms with Gasteiger partial charge < -0.3 is 0 Å². The fourth-order valence-corrected chi connectivity index (χ4v) is 3.39. The molecule has 0 unspecified atom stereocenters. The Balaban J connectivity index is 2.19. The minimum absolute atomic E-state index is 0.0953. The third-order valence-corrected chi connectivity index (χ3v) is 4.32. The van der Waals surface area contributed by atoms with Crippen LogP contribution in [0.5, 0.6) is 0 Å². The maximum Gasteiger partial charge on any atom is 0.131 e. The van der Waals surface area contributed by atoms with E-state index in [1.165, 1.54) is 29.4 Å². The second-order valence-corrected chi connectivity index (χ2v) is 5.41. The molecule has 0 N–H and O–H groups in total. The number of benzene rings is 3. The average molecular weight is 250 g/mol. The maximum atomic E-state index is 14.3. The van der Waals surface area contributed by atoms with Crippen molar-refractivity contribution >= 4 is 21.5 Å². The first-order chi connectivity index (χ1) is 9.34. The predicted octanol–water partition coefficient (Wildman–Crippen LogP) is 5.01. The predicted molar refractivity (Wildman–Crippen MR) is 78.1 cm³/mol. The molecular formula is C18H15F. The van der Waals surface area contributed by atoms with Crippen molar-refractivity contribution in [2.24, 2.45) is 0 Å². The van der Waals surface area contributed by atoms with Gasteiger partial charge in [-0.25, -0.2) is 4.39 Å². The van der Waals surface area contributed by atoms with Gasteiger partial charge in [-0.2, -0.15) is 0 Å². The van der Waals surface area contributed by atoms with Crippen molar-refractivity contribution in [3.05, 3.63) is 59.4 Å². The van der Waals surface area contributed by atoms with Crippen LogP contribution < -0.4 is 0 Å². The van der Waals surface area contributed by atoms with Crippen molar-refractivity contribution in [3.8, 4) is 0 Å². The normalized spacial score (nSPS) is 14.8. The molecule has 0 spiro atoms. The van der Waals surface area contributed by atoms with Crippen molar-refractivity contribution in [3.63, 3.8) is 0 Å². The molecular weight excluding hydrogens is 235 g/mol. The van der Waals surface area contributed by atoms with E-state index in [-0.39, 0.29) is 5.82 Å². The van der Waals surface area contributed by atoms with Crippen LogP contribution in [0, 0.1) is 5.82 Å². The number of hydrogen-bond acceptors (Lipinski definition) is 0. The number of fused-ring (bicyclic) bond motifs is 5. The fourth-order valence-electron chi connectivity index (χ4n) is 3.39. The van der Waals surface area contributed by atoms with E-state index in [4.69, 9.17) is 0 Å². The third-order valence-electron chi connectivity index (χ3n) is 4.32. The first-order valence-electron chi connectivity index (χ1n) is 6.96. The molecule has 0 saturated carbocycles. The van der Waals surface area contributed by atoms with Crippen LogP contribution in [0.1, 0.15) is 24.0 Å². The molecule has 1 aliphatic carbocycles. The highest BCUT2D eigenvalue weighted by molar-refractivity contribution is 6.09. The summed E-state index contributed by atoms with van der Waals surface area (Å²) >= 11 is 0. The molecule has 3 aromatic rings. The molecule has 0 aliphatic heterocycles. The molecule has 3 aromatic carbocycles. The Morgan fingerprint density at radius 2 is 1.47 bits per heavy atom. The zero-order valence-corrected chi connectivity index (χ0v) is 10.7. The number of halogens is 1. The number of hydrogen-bond donors (Lipinski definition) is 0. The lowest BCUT2D eigenvalue weighted by molar-refractivity contribution is 0.640. The Morgan fingerprint density at radius 1 is 0.737 bits per heavy atom. The first kappa shape index (κ1) is 11.0. The maximum absolute atomic E-state index is 14.3. The molecule has 0 radical (unpaired) electrons. The first-order valence-corrected chi connectivity index (χ1v) is 6.96. The summed E-state index contributed by atoms with van der Waals surface area (Å²) in [6.07, 6.45) is 4.71. The molecule has 0 saturated heterocycles. The highest BCUT2D eigenvalue weighted by atomic mass is 19.1. The molecule has 0 fully saturated rings. The van der Waals surface area contributed by atoms with Crippen LogP contribution in [-0.2, 0) is 12.8 Å². The van der Waals surface area contributed by atoms with E-state index in [1.807, 2.05) is 24.3 Å². The smallest absolute Gasteiger partial charge is 0.131 e. The molecule has 0 heterocycles. The van der Waals surface area contributed by atoms with Crippen LogP contribution >= 0.6 is 0 Å². The van der Waals surface area contributed by atoms with Crippen LogP contribution in [0.3, 0.4) is 0 Å². The zero-order chi connectivity index (χ0) is 12.8. The molecule has 19 heavy (non-hydrogen) atoms. The van der Waals surface area contributed by atoms with Gasteiger partial charge in [-0.3, -0.25) is 0 Å². The number of aryl methyl sites for hydroxylation is 2. The molecule has 1 heteroatoms. The highest BCUT2D eigenvalue weighted by Gasteiger charge is 2.15. The van der Waals surface area contributed by atoms with Crippen molar-refractivity contribution in [1.82, 2.24) is 0 Å². The van der Waals surface area contributed by atoms with Gasteiger partial charge in [0.1, 0.15) is 5.82 Å². The van der Waals surface area contributed by atoms with E-state index in [2.05, 4.69) is 12.1 Å². The van der Waals surface area contributed by atoms with Crippen molar-refractivity contribution in [2.45, 2.75) is 25.7 Å². The van der Waals surface area contributed by atoms with Crippen LogP contribution in [-0.4, -0.2) is 0 Å². The number of rotatable bonds is 0. The van der Waals surface area contributed by atoms with E-state index in [9.17, 15) is 4.39 Å². The summed E-state index contributed by atoms with van der Waals surface area (Å²) in [5.74, 6) is -0.0953. The molecule has 94 valence electrons. The van der Waals surface area contributed by atoms with Gasteiger partial charge in [0.2, 0.25) is 0 Å². The van der Waals surface area contributed by atoms with Gasteiger partial charge in [0.05, 0.1) is 0 Å². The lowest BCUT2D eigenvalue weighted by atomic mass is 9.86. The van der Waals surface area contributed by atoms with E-state index in [0.29, 0.717) is 0 Å². The highest BCUT2D eigenvalue weighted by Crippen LogP contribution is 2.34. The quantitative estimate of drug-likeness (QED) is 0.492. The molecule has 0 aromatic heterocycles. The second-order valence-electron chi connectivity index (χ2n) is 5.41. The molecule has 0 amide bonds. The Kier molecular flexibility index (Phi) is 2.34. The molecule has 0 atom stereocenters. The third kappa shape index (κ3) is 1.58. The molecule has 4 rings (SSSR count). The summed E-state index contributed by atoms with van der Waals surface area (Å²) in [6, 6.07) is 13.9. The van der Waals surface area contributed by atoms with Gasteiger partial charge in [-0.05, 0) is 59.0 Å². The molecule has 1 aliphatic rings. The van der Waals surface area contributed by atoms with Gasteiger partial charge in [-0.15, -0.1) is 0 Å². The summed E-state index contributed by atoms with van der Waals surface area (Å²) in [4.78, 5) is 0. The fraction of sp³-hybridized carbons (Fsp3) is 0.222. The van der Waals surface area contributed by atoms with Gasteiger partial charge >= 0.3 is 0 Å². The van der Waals surface area contributed by atoms with Crippen molar-refractivity contribution in [1.29, 1.82) is 0 Å². The van der Waals surface area contributed by atoms with E-state index in [0.717, 1.165) is 29.0 Å².